The zero-order chi connectivity index (χ0) is 54.4. The van der Waals surface area contributed by atoms with Gasteiger partial charge in [0, 0.05) is 55.5 Å². The van der Waals surface area contributed by atoms with Crippen molar-refractivity contribution < 1.29 is 81.6 Å². The first-order valence-electron chi connectivity index (χ1n) is 25.9. The van der Waals surface area contributed by atoms with Crippen LogP contribution < -0.4 is 79.4 Å². The van der Waals surface area contributed by atoms with Gasteiger partial charge in [0.15, 0.2) is 6.07 Å². The molecule has 0 bridgehead atoms. The molecule has 0 rings (SSSR count). The summed E-state index contributed by atoms with van der Waals surface area (Å²) >= 11 is 0. The van der Waals surface area contributed by atoms with Crippen LogP contribution in [0, 0.1) is 130 Å². The summed E-state index contributed by atoms with van der Waals surface area (Å²) in [5.74, 6) is 53.8. The van der Waals surface area contributed by atoms with Crippen molar-refractivity contribution in [1.29, 1.82) is 5.26 Å². The van der Waals surface area contributed by atoms with E-state index in [4.69, 9.17) is 27.4 Å². The number of ether oxygens (including phenoxy) is 1. The van der Waals surface area contributed by atoms with E-state index in [1.165, 1.54) is 70.6 Å². The number of unbranched alkanes of at least 4 members (excludes halogenated alkanes) is 19. The van der Waals surface area contributed by atoms with Crippen molar-refractivity contribution in [2.75, 3.05) is 19.7 Å². The third-order valence-corrected chi connectivity index (χ3v) is 10.2. The van der Waals surface area contributed by atoms with Gasteiger partial charge in [0.05, 0.1) is 6.61 Å². The number of nitrogens with two attached hydrogens (primary N) is 3. The number of hydrogen-bond donors (Lipinski definition) is 5. The van der Waals surface area contributed by atoms with E-state index in [-0.39, 0.29) is 78.0 Å². The van der Waals surface area contributed by atoms with Crippen LogP contribution in [0.15, 0.2) is 0 Å². The fraction of sp³-hybridized carbons (Fsp3) is 0.597. The number of rotatable bonds is 35. The number of hydrogen-bond acceptors (Lipinski definition) is 10. The average molecular weight is 1050 g/mol. The van der Waals surface area contributed by atoms with Gasteiger partial charge in [0.2, 0.25) is 11.8 Å². The summed E-state index contributed by atoms with van der Waals surface area (Å²) in [7, 11) is 0. The van der Waals surface area contributed by atoms with Crippen LogP contribution in [0.2, 0.25) is 0 Å². The molecule has 13 heteroatoms. The van der Waals surface area contributed by atoms with Crippen molar-refractivity contribution in [3.05, 3.63) is 0 Å². The van der Waals surface area contributed by atoms with Crippen molar-refractivity contribution in [1.82, 2.24) is 10.6 Å². The predicted molar refractivity (Wildman–Crippen MR) is 302 cm³/mol. The van der Waals surface area contributed by atoms with E-state index in [2.05, 4.69) is 141 Å². The maximum Gasteiger partial charge on any atom is 1.00 e. The number of nitrogens with zero attached hydrogens (tertiary/aromatic N) is 1. The Morgan fingerprint density at radius 3 is 1.09 bits per heavy atom. The molecule has 0 fully saturated rings. The van der Waals surface area contributed by atoms with E-state index in [0.717, 1.165) is 77.0 Å². The van der Waals surface area contributed by atoms with Crippen LogP contribution in [0.3, 0.4) is 0 Å². The first-order valence-corrected chi connectivity index (χ1v) is 25.9. The Balaban J connectivity index is -0.000000357. The summed E-state index contributed by atoms with van der Waals surface area (Å²) in [6, 6.07) is 0.328. The third kappa shape index (κ3) is 68.5. The summed E-state index contributed by atoms with van der Waals surface area (Å²) in [4.78, 5) is 51.3. The maximum absolute atomic E-state index is 12.2. The van der Waals surface area contributed by atoms with Crippen molar-refractivity contribution in [2.24, 2.45) is 17.4 Å². The molecule has 0 aliphatic rings. The van der Waals surface area contributed by atoms with Gasteiger partial charge in [-0.25, -0.2) is 4.79 Å². The fourth-order valence-electron chi connectivity index (χ4n) is 6.23. The van der Waals surface area contributed by atoms with Gasteiger partial charge in [0.25, 0.3) is 0 Å². The van der Waals surface area contributed by atoms with Crippen molar-refractivity contribution in [3.8, 4) is 124 Å². The summed E-state index contributed by atoms with van der Waals surface area (Å²) in [5.41, 5.74) is 11.6. The number of carbonyl (C=O) groups is 4. The number of nitriles is 1. The number of amides is 2. The number of esters is 1. The molecule has 0 aromatic carbocycles. The van der Waals surface area contributed by atoms with Crippen molar-refractivity contribution in [2.45, 2.75) is 221 Å². The van der Waals surface area contributed by atoms with Gasteiger partial charge in [-0.15, -0.1) is 0 Å². The molecule has 0 aromatic heterocycles. The standard InChI is InChI=1S/C37H73N5O6.C12H3N.C12H6.CH4.K.H/c1-2-3-4-5-6-9-12-15-18-27-34(43)41-29-22-20-25-32(38)36(45)47-31-24-17-14-11-8-7-10-13-16-19-28-35(44)42-30-23-21-26-33(39)37(46)48-40;1-2-3-4-5-6-7-8-9-10-11-12-13;1-3-5-7-9-11-12-10-8-6-4-2;;;/h32-33H,2-31,38-40H2,1H3,(H,41,43)(H,42,44);1H3;1-2H3;1H4;;/q;;;;+1;-1. The molecule has 402 valence electrons. The van der Waals surface area contributed by atoms with Crippen molar-refractivity contribution >= 4 is 23.8 Å². The molecule has 75 heavy (non-hydrogen) atoms. The van der Waals surface area contributed by atoms with E-state index in [1.54, 1.807) is 26.8 Å². The molecule has 0 aliphatic carbocycles. The maximum atomic E-state index is 12.2. The summed E-state index contributed by atoms with van der Waals surface area (Å²) < 4.78 is 5.36. The first kappa shape index (κ1) is 78.4. The van der Waals surface area contributed by atoms with Crippen molar-refractivity contribution in [3.63, 3.8) is 0 Å². The Hall–Kier alpha value is -5.51. The monoisotopic (exact) mass is 1050 g/mol. The van der Waals surface area contributed by atoms with Crippen LogP contribution in [0.1, 0.15) is 210 Å². The Morgan fingerprint density at radius 2 is 0.760 bits per heavy atom. The Morgan fingerprint density at radius 1 is 0.453 bits per heavy atom. The topological polar surface area (TPSA) is 213 Å². The zero-order valence-electron chi connectivity index (χ0n) is 46.5. The van der Waals surface area contributed by atoms with Crippen LogP contribution in [0.4, 0.5) is 0 Å². The van der Waals surface area contributed by atoms with Crippen LogP contribution in [-0.4, -0.2) is 55.5 Å². The average Bonchev–Trinajstić information content (AvgIpc) is 3.39. The molecule has 0 aromatic rings. The second kappa shape index (κ2) is 68.5. The predicted octanol–water partition coefficient (Wildman–Crippen LogP) is 5.73. The second-order valence-electron chi connectivity index (χ2n) is 16.4. The third-order valence-electron chi connectivity index (χ3n) is 10.2. The Kier molecular flexibility index (Phi) is 71.6. The van der Waals surface area contributed by atoms with Gasteiger partial charge in [-0.05, 0) is 150 Å². The molecule has 2 amide bonds. The van der Waals surface area contributed by atoms with E-state index in [0.29, 0.717) is 45.4 Å². The minimum Gasteiger partial charge on any atom is -1.00 e. The minimum atomic E-state index is -0.707. The molecular weight excluding hydrogens is 964 g/mol. The Labute approximate surface area is 499 Å². The number of carbonyl (C=O) groups excluding carboxylic acids is 4. The van der Waals surface area contributed by atoms with Gasteiger partial charge < -0.3 is 33.1 Å². The van der Waals surface area contributed by atoms with Crippen LogP contribution in [0.5, 0.6) is 0 Å². The van der Waals surface area contributed by atoms with Crippen LogP contribution >= 0.6 is 0 Å². The SMILES string of the molecule is C.CC#CC#CC#CC#CC#CC.CC#CC#CC#CC#CC#CC#N.CCCCCCCCCCCC(=O)NCCCCC(N)C(=O)OCCCCCCCCCCCCC(=O)NCCCCC(N)C(=O)ON.[H-].[K+]. The molecule has 2 unspecified atom stereocenters. The van der Waals surface area contributed by atoms with Gasteiger partial charge in [-0.3, -0.25) is 14.4 Å². The van der Waals surface area contributed by atoms with E-state index < -0.39 is 18.1 Å². The van der Waals surface area contributed by atoms with E-state index in [9.17, 15) is 19.2 Å². The van der Waals surface area contributed by atoms with Crippen LogP contribution in [-0.2, 0) is 28.8 Å². The fourth-order valence-corrected chi connectivity index (χ4v) is 6.23. The summed E-state index contributed by atoms with van der Waals surface area (Å²) in [6.07, 6.45) is 27.5. The molecule has 0 saturated carbocycles. The van der Waals surface area contributed by atoms with Crippen LogP contribution in [0.25, 0.3) is 0 Å². The minimum absolute atomic E-state index is 0. The molecule has 8 N–H and O–H groups in total. The molecule has 0 spiro atoms. The molecule has 2 atom stereocenters. The molecule has 0 aliphatic heterocycles. The van der Waals surface area contributed by atoms with Gasteiger partial charge in [0.1, 0.15) is 12.1 Å². The molecule has 0 heterocycles. The van der Waals surface area contributed by atoms with Gasteiger partial charge in [-0.2, -0.15) is 11.2 Å². The smallest absolute Gasteiger partial charge is 1.00 e. The van der Waals surface area contributed by atoms with Gasteiger partial charge >= 0.3 is 63.3 Å². The molecule has 0 radical (unpaired) electrons. The van der Waals surface area contributed by atoms with Gasteiger partial charge in [-0.1, -0.05) is 135 Å². The van der Waals surface area contributed by atoms with E-state index >= 15 is 0 Å². The molecule has 0 saturated heterocycles. The van der Waals surface area contributed by atoms with E-state index in [1.807, 2.05) is 0 Å². The largest absolute Gasteiger partial charge is 1.00 e. The second-order valence-corrected chi connectivity index (χ2v) is 16.4. The summed E-state index contributed by atoms with van der Waals surface area (Å²) in [6.45, 7) is 9.02. The molecule has 12 nitrogen and oxygen atoms in total. The summed E-state index contributed by atoms with van der Waals surface area (Å²) in [5, 5.41) is 13.9. The zero-order valence-corrected chi connectivity index (χ0v) is 48.6. The normalized spacial score (nSPS) is 9.15. The first-order chi connectivity index (χ1) is 35.6. The quantitative estimate of drug-likeness (QED) is 0.0171. The molecular formula is C62H87KN6O6. The Bertz CT molecular complexity index is 2210. The number of nitrogens with one attached hydrogen (secondary N) is 2.